The smallest absolute Gasteiger partial charge is 0.354 e. The van der Waals surface area contributed by atoms with Gasteiger partial charge in [0.1, 0.15) is 5.69 Å². The van der Waals surface area contributed by atoms with Crippen molar-refractivity contribution in [3.8, 4) is 0 Å². The number of carbonyl (C=O) groups is 1. The van der Waals surface area contributed by atoms with Gasteiger partial charge in [-0.15, -0.1) is 11.8 Å². The lowest BCUT2D eigenvalue weighted by molar-refractivity contribution is 0.0690. The van der Waals surface area contributed by atoms with E-state index >= 15 is 0 Å². The maximum Gasteiger partial charge on any atom is 0.354 e. The Hall–Kier alpha value is -1.07. The van der Waals surface area contributed by atoms with Crippen LogP contribution in [0.25, 0.3) is 0 Å². The molecule has 0 aliphatic heterocycles. The maximum absolute atomic E-state index is 10.5. The molecule has 0 fully saturated rings. The molecule has 0 unspecified atom stereocenters. The molecule has 0 aromatic carbocycles. The van der Waals surface area contributed by atoms with Gasteiger partial charge in [-0.2, -0.15) is 0 Å². The fourth-order valence-corrected chi connectivity index (χ4v) is 1.65. The number of rotatable bonds is 5. The average Bonchev–Trinajstić information content (AvgIpc) is 2.19. The van der Waals surface area contributed by atoms with E-state index in [0.717, 1.165) is 17.1 Å². The molecular formula is C9H11NO3S. The average molecular weight is 213 g/mol. The van der Waals surface area contributed by atoms with Crippen molar-refractivity contribution >= 4 is 17.7 Å². The molecule has 1 rings (SSSR count). The monoisotopic (exact) mass is 213 g/mol. The van der Waals surface area contributed by atoms with Crippen molar-refractivity contribution in [1.29, 1.82) is 0 Å². The number of hydrogen-bond acceptors (Lipinski definition) is 4. The normalized spacial score (nSPS) is 10.1. The SMILES string of the molecule is O=C(O)c1ccc(SCCCO)cn1. The Morgan fingerprint density at radius 2 is 2.29 bits per heavy atom. The molecule has 0 saturated heterocycles. The standard InChI is InChI=1S/C9H11NO3S/c11-4-1-5-14-7-2-3-8(9(12)13)10-6-7/h2-3,6,11H,1,4-5H2,(H,12,13). The molecule has 4 nitrogen and oxygen atoms in total. The molecule has 0 bridgehead atoms. The zero-order valence-electron chi connectivity index (χ0n) is 7.51. The van der Waals surface area contributed by atoms with Crippen LogP contribution in [0.5, 0.6) is 0 Å². The first-order chi connectivity index (χ1) is 6.74. The first-order valence-corrected chi connectivity index (χ1v) is 5.15. The zero-order valence-corrected chi connectivity index (χ0v) is 8.33. The Morgan fingerprint density at radius 1 is 1.50 bits per heavy atom. The van der Waals surface area contributed by atoms with Gasteiger partial charge in [-0.1, -0.05) is 0 Å². The summed E-state index contributed by atoms with van der Waals surface area (Å²) in [7, 11) is 0. The van der Waals surface area contributed by atoms with Gasteiger partial charge in [-0.25, -0.2) is 9.78 Å². The Kier molecular flexibility index (Phi) is 4.42. The molecule has 0 aliphatic rings. The second kappa shape index (κ2) is 5.62. The number of hydrogen-bond donors (Lipinski definition) is 2. The summed E-state index contributed by atoms with van der Waals surface area (Å²) in [5, 5.41) is 17.1. The molecule has 1 aromatic heterocycles. The third-order valence-corrected chi connectivity index (χ3v) is 2.59. The lowest BCUT2D eigenvalue weighted by Crippen LogP contribution is -1.99. The van der Waals surface area contributed by atoms with E-state index in [9.17, 15) is 4.79 Å². The Balaban J connectivity index is 2.51. The van der Waals surface area contributed by atoms with Gasteiger partial charge in [0.25, 0.3) is 0 Å². The van der Waals surface area contributed by atoms with Crippen LogP contribution in [-0.4, -0.2) is 33.5 Å². The number of carboxylic acid groups (broad SMARTS) is 1. The van der Waals surface area contributed by atoms with Gasteiger partial charge < -0.3 is 10.2 Å². The summed E-state index contributed by atoms with van der Waals surface area (Å²) in [4.78, 5) is 15.2. The third kappa shape index (κ3) is 3.35. The second-order valence-corrected chi connectivity index (χ2v) is 3.78. The number of thioether (sulfide) groups is 1. The zero-order chi connectivity index (χ0) is 10.4. The minimum atomic E-state index is -1.02. The van der Waals surface area contributed by atoms with Gasteiger partial charge >= 0.3 is 5.97 Å². The van der Waals surface area contributed by atoms with Crippen LogP contribution < -0.4 is 0 Å². The lowest BCUT2D eigenvalue weighted by Gasteiger charge is -1.99. The highest BCUT2D eigenvalue weighted by Gasteiger charge is 2.03. The fourth-order valence-electron chi connectivity index (χ4n) is 0.847. The van der Waals surface area contributed by atoms with Crippen LogP contribution in [0, 0.1) is 0 Å². The van der Waals surface area contributed by atoms with Crippen molar-refractivity contribution in [2.75, 3.05) is 12.4 Å². The van der Waals surface area contributed by atoms with Crippen LogP contribution >= 0.6 is 11.8 Å². The summed E-state index contributed by atoms with van der Waals surface area (Å²) < 4.78 is 0. The Morgan fingerprint density at radius 3 is 2.79 bits per heavy atom. The van der Waals surface area contributed by atoms with E-state index in [0.29, 0.717) is 0 Å². The lowest BCUT2D eigenvalue weighted by atomic mass is 10.4. The first-order valence-electron chi connectivity index (χ1n) is 4.17. The van der Waals surface area contributed by atoms with Gasteiger partial charge in [0.2, 0.25) is 0 Å². The van der Waals surface area contributed by atoms with Gasteiger partial charge in [0, 0.05) is 23.5 Å². The van der Waals surface area contributed by atoms with E-state index in [-0.39, 0.29) is 12.3 Å². The van der Waals surface area contributed by atoms with Crippen molar-refractivity contribution in [1.82, 2.24) is 4.98 Å². The molecule has 14 heavy (non-hydrogen) atoms. The van der Waals surface area contributed by atoms with Crippen molar-refractivity contribution in [2.24, 2.45) is 0 Å². The van der Waals surface area contributed by atoms with Crippen molar-refractivity contribution < 1.29 is 15.0 Å². The van der Waals surface area contributed by atoms with Crippen molar-refractivity contribution in [3.63, 3.8) is 0 Å². The van der Waals surface area contributed by atoms with E-state index in [1.165, 1.54) is 12.3 Å². The quantitative estimate of drug-likeness (QED) is 0.569. The topological polar surface area (TPSA) is 70.4 Å². The number of aromatic nitrogens is 1. The molecule has 0 atom stereocenters. The predicted octanol–water partition coefficient (Wildman–Crippen LogP) is 1.25. The van der Waals surface area contributed by atoms with Crippen LogP contribution in [0.4, 0.5) is 0 Å². The van der Waals surface area contributed by atoms with E-state index < -0.39 is 5.97 Å². The molecule has 0 aliphatic carbocycles. The second-order valence-electron chi connectivity index (χ2n) is 2.61. The minimum absolute atomic E-state index is 0.0523. The highest BCUT2D eigenvalue weighted by atomic mass is 32.2. The molecule has 0 saturated carbocycles. The molecule has 1 heterocycles. The van der Waals surface area contributed by atoms with E-state index in [2.05, 4.69) is 4.98 Å². The summed E-state index contributed by atoms with van der Waals surface area (Å²) in [6, 6.07) is 3.20. The largest absolute Gasteiger partial charge is 0.477 e. The van der Waals surface area contributed by atoms with E-state index in [1.807, 2.05) is 0 Å². The van der Waals surface area contributed by atoms with Crippen LogP contribution in [0.1, 0.15) is 16.9 Å². The van der Waals surface area contributed by atoms with Crippen LogP contribution in [0.2, 0.25) is 0 Å². The summed E-state index contributed by atoms with van der Waals surface area (Å²) in [5.41, 5.74) is 0.0523. The first kappa shape index (κ1) is 11.0. The summed E-state index contributed by atoms with van der Waals surface area (Å²) in [5.74, 6) is -0.207. The molecule has 0 spiro atoms. The van der Waals surface area contributed by atoms with Crippen LogP contribution in [-0.2, 0) is 0 Å². The number of aromatic carboxylic acids is 1. The number of pyridine rings is 1. The van der Waals surface area contributed by atoms with Crippen molar-refractivity contribution in [2.45, 2.75) is 11.3 Å². The fraction of sp³-hybridized carbons (Fsp3) is 0.333. The van der Waals surface area contributed by atoms with E-state index in [4.69, 9.17) is 10.2 Å². The molecule has 0 radical (unpaired) electrons. The minimum Gasteiger partial charge on any atom is -0.477 e. The highest BCUT2D eigenvalue weighted by molar-refractivity contribution is 7.99. The Labute approximate surface area is 86.0 Å². The highest BCUT2D eigenvalue weighted by Crippen LogP contribution is 2.17. The van der Waals surface area contributed by atoms with Crippen LogP contribution in [0.15, 0.2) is 23.2 Å². The third-order valence-electron chi connectivity index (χ3n) is 1.53. The molecule has 0 amide bonds. The molecule has 5 heteroatoms. The molecular weight excluding hydrogens is 202 g/mol. The summed E-state index contributed by atoms with van der Waals surface area (Å²) in [6.45, 7) is 0.174. The van der Waals surface area contributed by atoms with Crippen molar-refractivity contribution in [3.05, 3.63) is 24.0 Å². The molecule has 1 aromatic rings. The predicted molar refractivity (Wildman–Crippen MR) is 53.6 cm³/mol. The Bertz CT molecular complexity index is 299. The summed E-state index contributed by atoms with van der Waals surface area (Å²) in [6.07, 6.45) is 2.26. The van der Waals surface area contributed by atoms with Crippen LogP contribution in [0.3, 0.4) is 0 Å². The maximum atomic E-state index is 10.5. The molecule has 76 valence electrons. The molecule has 2 N–H and O–H groups in total. The van der Waals surface area contributed by atoms with Gasteiger partial charge in [-0.05, 0) is 18.6 Å². The number of carboxylic acids is 1. The number of nitrogens with zero attached hydrogens (tertiary/aromatic N) is 1. The van der Waals surface area contributed by atoms with Gasteiger partial charge in [0.05, 0.1) is 0 Å². The number of aliphatic hydroxyl groups excluding tert-OH is 1. The van der Waals surface area contributed by atoms with Gasteiger partial charge in [0.15, 0.2) is 0 Å². The van der Waals surface area contributed by atoms with Gasteiger partial charge in [-0.3, -0.25) is 0 Å². The summed E-state index contributed by atoms with van der Waals surface area (Å²) >= 11 is 1.55. The number of aliphatic hydroxyl groups is 1. The van der Waals surface area contributed by atoms with E-state index in [1.54, 1.807) is 17.8 Å².